The number of rotatable bonds is 7. The first-order chi connectivity index (χ1) is 6.58. The van der Waals surface area contributed by atoms with Crippen molar-refractivity contribution in [1.82, 2.24) is 5.32 Å². The van der Waals surface area contributed by atoms with Gasteiger partial charge in [0.05, 0.1) is 6.61 Å². The average molecular weight is 211 g/mol. The first-order valence-corrected chi connectivity index (χ1v) is 4.99. The van der Waals surface area contributed by atoms with Crippen molar-refractivity contribution in [3.05, 3.63) is 0 Å². The SMILES string of the molecule is FC(F)(F)OCCNCCCC1CC1. The van der Waals surface area contributed by atoms with Crippen LogP contribution in [0, 0.1) is 5.92 Å². The van der Waals surface area contributed by atoms with Crippen molar-refractivity contribution >= 4 is 0 Å². The number of halogens is 3. The van der Waals surface area contributed by atoms with Crippen molar-refractivity contribution in [2.45, 2.75) is 32.0 Å². The van der Waals surface area contributed by atoms with Gasteiger partial charge in [-0.2, -0.15) is 0 Å². The molecule has 0 heterocycles. The quantitative estimate of drug-likeness (QED) is 0.652. The predicted octanol–water partition coefficient (Wildman–Crippen LogP) is 2.30. The minimum atomic E-state index is -4.49. The van der Waals surface area contributed by atoms with Gasteiger partial charge in [0.1, 0.15) is 0 Å². The van der Waals surface area contributed by atoms with Gasteiger partial charge in [-0.3, -0.25) is 4.74 Å². The molecule has 0 radical (unpaired) electrons. The molecule has 84 valence electrons. The minimum Gasteiger partial charge on any atom is -0.314 e. The second kappa shape index (κ2) is 5.56. The van der Waals surface area contributed by atoms with Crippen LogP contribution >= 0.6 is 0 Å². The molecule has 1 N–H and O–H groups in total. The van der Waals surface area contributed by atoms with Gasteiger partial charge < -0.3 is 5.32 Å². The molecule has 1 aliphatic rings. The predicted molar refractivity (Wildman–Crippen MR) is 46.8 cm³/mol. The molecule has 2 nitrogen and oxygen atoms in total. The van der Waals surface area contributed by atoms with E-state index in [9.17, 15) is 13.2 Å². The van der Waals surface area contributed by atoms with E-state index >= 15 is 0 Å². The van der Waals surface area contributed by atoms with Crippen LogP contribution in [0.5, 0.6) is 0 Å². The summed E-state index contributed by atoms with van der Waals surface area (Å²) in [6, 6.07) is 0. The molecule has 1 aliphatic carbocycles. The lowest BCUT2D eigenvalue weighted by Crippen LogP contribution is -2.25. The van der Waals surface area contributed by atoms with Crippen molar-refractivity contribution in [3.8, 4) is 0 Å². The van der Waals surface area contributed by atoms with E-state index in [1.807, 2.05) is 0 Å². The molecule has 1 saturated carbocycles. The van der Waals surface area contributed by atoms with E-state index in [1.165, 1.54) is 19.3 Å². The Hall–Kier alpha value is -0.290. The number of nitrogens with one attached hydrogen (secondary N) is 1. The molecular formula is C9H16F3NO. The molecule has 0 aliphatic heterocycles. The normalized spacial score (nSPS) is 17.4. The fourth-order valence-corrected chi connectivity index (χ4v) is 1.29. The van der Waals surface area contributed by atoms with Gasteiger partial charge >= 0.3 is 6.36 Å². The maximum Gasteiger partial charge on any atom is 0.522 e. The van der Waals surface area contributed by atoms with Gasteiger partial charge in [-0.05, 0) is 25.3 Å². The Balaban J connectivity index is 1.75. The summed E-state index contributed by atoms with van der Waals surface area (Å²) in [5.41, 5.74) is 0. The summed E-state index contributed by atoms with van der Waals surface area (Å²) in [6.45, 7) is 0.759. The third kappa shape index (κ3) is 7.15. The van der Waals surface area contributed by atoms with E-state index in [-0.39, 0.29) is 13.2 Å². The number of hydrogen-bond donors (Lipinski definition) is 1. The zero-order valence-corrected chi connectivity index (χ0v) is 8.07. The molecule has 0 amide bonds. The summed E-state index contributed by atoms with van der Waals surface area (Å²) in [4.78, 5) is 0. The van der Waals surface area contributed by atoms with Crippen LogP contribution in [-0.2, 0) is 4.74 Å². The zero-order chi connectivity index (χ0) is 10.4. The summed E-state index contributed by atoms with van der Waals surface area (Å²) < 4.78 is 38.1. The third-order valence-corrected chi connectivity index (χ3v) is 2.21. The number of hydrogen-bond acceptors (Lipinski definition) is 2. The van der Waals surface area contributed by atoms with Crippen LogP contribution in [0.25, 0.3) is 0 Å². The number of ether oxygens (including phenoxy) is 1. The van der Waals surface area contributed by atoms with Crippen LogP contribution < -0.4 is 5.32 Å². The van der Waals surface area contributed by atoms with E-state index in [0.717, 1.165) is 18.9 Å². The topological polar surface area (TPSA) is 21.3 Å². The first kappa shape index (κ1) is 11.8. The third-order valence-electron chi connectivity index (χ3n) is 2.21. The maximum absolute atomic E-state index is 11.5. The van der Waals surface area contributed by atoms with E-state index in [1.54, 1.807) is 0 Å². The highest BCUT2D eigenvalue weighted by Crippen LogP contribution is 2.33. The van der Waals surface area contributed by atoms with Crippen LogP contribution in [-0.4, -0.2) is 26.1 Å². The molecular weight excluding hydrogens is 195 g/mol. The maximum atomic E-state index is 11.5. The van der Waals surface area contributed by atoms with Crippen molar-refractivity contribution in [2.24, 2.45) is 5.92 Å². The van der Waals surface area contributed by atoms with Crippen LogP contribution in [0.2, 0.25) is 0 Å². The molecule has 0 atom stereocenters. The van der Waals surface area contributed by atoms with Crippen LogP contribution in [0.4, 0.5) is 13.2 Å². The second-order valence-electron chi connectivity index (χ2n) is 3.63. The van der Waals surface area contributed by atoms with E-state index in [0.29, 0.717) is 0 Å². The summed E-state index contributed by atoms with van der Waals surface area (Å²) in [7, 11) is 0. The smallest absolute Gasteiger partial charge is 0.314 e. The Bertz CT molecular complexity index is 157. The van der Waals surface area contributed by atoms with Crippen LogP contribution in [0.3, 0.4) is 0 Å². The van der Waals surface area contributed by atoms with Gasteiger partial charge in [-0.25, -0.2) is 0 Å². The highest BCUT2D eigenvalue weighted by atomic mass is 19.4. The van der Waals surface area contributed by atoms with Gasteiger partial charge in [-0.1, -0.05) is 12.8 Å². The Morgan fingerprint density at radius 2 is 1.93 bits per heavy atom. The van der Waals surface area contributed by atoms with Gasteiger partial charge in [0.25, 0.3) is 0 Å². The highest BCUT2D eigenvalue weighted by molar-refractivity contribution is 4.72. The lowest BCUT2D eigenvalue weighted by Gasteiger charge is -2.07. The lowest BCUT2D eigenvalue weighted by atomic mass is 10.2. The minimum absolute atomic E-state index is 0.268. The van der Waals surface area contributed by atoms with Crippen LogP contribution in [0.15, 0.2) is 0 Å². The molecule has 0 bridgehead atoms. The highest BCUT2D eigenvalue weighted by Gasteiger charge is 2.28. The van der Waals surface area contributed by atoms with Crippen LogP contribution in [0.1, 0.15) is 25.7 Å². The Kier molecular flexibility index (Phi) is 4.68. The van der Waals surface area contributed by atoms with Gasteiger partial charge in [0.15, 0.2) is 0 Å². The second-order valence-corrected chi connectivity index (χ2v) is 3.63. The Labute approximate surface area is 81.8 Å². The monoisotopic (exact) mass is 211 g/mol. The van der Waals surface area contributed by atoms with Crippen molar-refractivity contribution in [3.63, 3.8) is 0 Å². The zero-order valence-electron chi connectivity index (χ0n) is 8.07. The van der Waals surface area contributed by atoms with Crippen molar-refractivity contribution in [2.75, 3.05) is 19.7 Å². The molecule has 1 fully saturated rings. The first-order valence-electron chi connectivity index (χ1n) is 4.99. The average Bonchev–Trinajstić information content (AvgIpc) is 2.84. The molecule has 0 aromatic rings. The fraction of sp³-hybridized carbons (Fsp3) is 1.00. The molecule has 0 aromatic carbocycles. The Morgan fingerprint density at radius 3 is 2.50 bits per heavy atom. The largest absolute Gasteiger partial charge is 0.522 e. The lowest BCUT2D eigenvalue weighted by molar-refractivity contribution is -0.323. The molecule has 0 saturated heterocycles. The Morgan fingerprint density at radius 1 is 1.21 bits per heavy atom. The van der Waals surface area contributed by atoms with Gasteiger partial charge in [-0.15, -0.1) is 13.2 Å². The van der Waals surface area contributed by atoms with E-state index in [2.05, 4.69) is 10.1 Å². The summed E-state index contributed by atoms with van der Waals surface area (Å²) in [6.07, 6.45) is 0.424. The molecule has 0 unspecified atom stereocenters. The summed E-state index contributed by atoms with van der Waals surface area (Å²) in [5, 5.41) is 2.92. The van der Waals surface area contributed by atoms with E-state index in [4.69, 9.17) is 0 Å². The van der Waals surface area contributed by atoms with Crippen molar-refractivity contribution in [1.29, 1.82) is 0 Å². The molecule has 0 spiro atoms. The molecule has 14 heavy (non-hydrogen) atoms. The molecule has 5 heteroatoms. The molecule has 0 aromatic heterocycles. The number of alkyl halides is 3. The standard InChI is InChI=1S/C9H16F3NO/c10-9(11,12)14-7-6-13-5-1-2-8-3-4-8/h8,13H,1-7H2. The van der Waals surface area contributed by atoms with Gasteiger partial charge in [0, 0.05) is 6.54 Å². The van der Waals surface area contributed by atoms with Crippen molar-refractivity contribution < 1.29 is 17.9 Å². The van der Waals surface area contributed by atoms with Gasteiger partial charge in [0.2, 0.25) is 0 Å². The molecule has 1 rings (SSSR count). The summed E-state index contributed by atoms with van der Waals surface area (Å²) in [5.74, 6) is 0.892. The fourth-order valence-electron chi connectivity index (χ4n) is 1.29. The summed E-state index contributed by atoms with van der Waals surface area (Å²) >= 11 is 0. The van der Waals surface area contributed by atoms with E-state index < -0.39 is 6.36 Å².